The molecule has 7 nitrogen and oxygen atoms in total. The molecule has 0 bridgehead atoms. The molecule has 1 aromatic heterocycles. The van der Waals surface area contributed by atoms with E-state index < -0.39 is 22.0 Å². The number of rotatable bonds is 7. The molecule has 1 unspecified atom stereocenters. The molecule has 0 spiro atoms. The lowest BCUT2D eigenvalue weighted by molar-refractivity contribution is 0.0916. The minimum Gasteiger partial charge on any atom is -0.387 e. The first kappa shape index (κ1) is 19.5. The Morgan fingerprint density at radius 2 is 1.61 bits per heavy atom. The average Bonchev–Trinajstić information content (AvgIpc) is 2.73. The van der Waals surface area contributed by atoms with Crippen LogP contribution in [-0.4, -0.2) is 31.0 Å². The number of nitrogens with one attached hydrogen (secondary N) is 2. The molecule has 8 heteroatoms. The van der Waals surface area contributed by atoms with Gasteiger partial charge in [-0.15, -0.1) is 0 Å². The molecule has 2 aromatic carbocycles. The van der Waals surface area contributed by atoms with Crippen LogP contribution in [0.3, 0.4) is 0 Å². The fraction of sp³-hybridized carbons (Fsp3) is 0.100. The summed E-state index contributed by atoms with van der Waals surface area (Å²) in [5, 5.41) is 12.7. The van der Waals surface area contributed by atoms with E-state index in [0.29, 0.717) is 16.8 Å². The molecular weight excluding hydrogens is 378 g/mol. The Kier molecular flexibility index (Phi) is 6.03. The molecule has 3 N–H and O–H groups in total. The Hall–Kier alpha value is -3.23. The first-order chi connectivity index (χ1) is 13.5. The molecule has 0 aliphatic carbocycles. The number of hydrogen-bond acceptors (Lipinski definition) is 5. The number of carbonyl (C=O) groups is 1. The second-order valence-electron chi connectivity index (χ2n) is 6.00. The summed E-state index contributed by atoms with van der Waals surface area (Å²) in [5.41, 5.74) is 1.39. The van der Waals surface area contributed by atoms with E-state index in [-0.39, 0.29) is 11.4 Å². The fourth-order valence-electron chi connectivity index (χ4n) is 2.50. The third-order valence-electron chi connectivity index (χ3n) is 4.00. The van der Waals surface area contributed by atoms with Crippen molar-refractivity contribution in [1.29, 1.82) is 0 Å². The lowest BCUT2D eigenvalue weighted by atomic mass is 10.1. The van der Waals surface area contributed by atoms with Crippen LogP contribution >= 0.6 is 0 Å². The van der Waals surface area contributed by atoms with Crippen molar-refractivity contribution in [2.45, 2.75) is 11.0 Å². The van der Waals surface area contributed by atoms with Crippen LogP contribution in [0.2, 0.25) is 0 Å². The highest BCUT2D eigenvalue weighted by molar-refractivity contribution is 7.92. The van der Waals surface area contributed by atoms with Gasteiger partial charge in [-0.25, -0.2) is 8.42 Å². The Labute approximate surface area is 163 Å². The van der Waals surface area contributed by atoms with Gasteiger partial charge in [0.15, 0.2) is 0 Å². The van der Waals surface area contributed by atoms with Crippen molar-refractivity contribution in [3.05, 3.63) is 90.3 Å². The van der Waals surface area contributed by atoms with Gasteiger partial charge in [0.2, 0.25) is 0 Å². The number of anilines is 1. The first-order valence-electron chi connectivity index (χ1n) is 8.50. The number of pyridine rings is 1. The van der Waals surface area contributed by atoms with Crippen LogP contribution in [0.25, 0.3) is 0 Å². The number of carbonyl (C=O) groups excluding carboxylic acids is 1. The molecule has 1 amide bonds. The molecule has 3 rings (SSSR count). The molecule has 0 saturated carbocycles. The molecule has 1 atom stereocenters. The predicted molar refractivity (Wildman–Crippen MR) is 105 cm³/mol. The number of aliphatic hydroxyl groups excluding tert-OH is 1. The number of amides is 1. The molecule has 1 heterocycles. The van der Waals surface area contributed by atoms with Crippen LogP contribution in [0.5, 0.6) is 0 Å². The van der Waals surface area contributed by atoms with Crippen LogP contribution in [0.1, 0.15) is 22.0 Å². The van der Waals surface area contributed by atoms with Gasteiger partial charge in [0.05, 0.1) is 16.7 Å². The van der Waals surface area contributed by atoms with Gasteiger partial charge >= 0.3 is 0 Å². The highest BCUT2D eigenvalue weighted by Crippen LogP contribution is 2.16. The van der Waals surface area contributed by atoms with E-state index in [1.54, 1.807) is 24.3 Å². The number of aliphatic hydroxyl groups is 1. The van der Waals surface area contributed by atoms with Crippen LogP contribution in [0.15, 0.2) is 84.0 Å². The molecule has 3 aromatic rings. The molecule has 0 aliphatic heterocycles. The van der Waals surface area contributed by atoms with Gasteiger partial charge in [-0.1, -0.05) is 30.3 Å². The van der Waals surface area contributed by atoms with Crippen molar-refractivity contribution < 1.29 is 18.3 Å². The van der Waals surface area contributed by atoms with E-state index in [9.17, 15) is 18.3 Å². The summed E-state index contributed by atoms with van der Waals surface area (Å²) < 4.78 is 27.2. The summed E-state index contributed by atoms with van der Waals surface area (Å²) in [4.78, 5) is 16.1. The number of sulfonamides is 1. The smallest absolute Gasteiger partial charge is 0.261 e. The summed E-state index contributed by atoms with van der Waals surface area (Å²) in [5.74, 6) is -0.402. The van der Waals surface area contributed by atoms with E-state index in [4.69, 9.17) is 0 Å². The van der Waals surface area contributed by atoms with Crippen LogP contribution < -0.4 is 10.0 Å². The number of nitrogens with zero attached hydrogens (tertiary/aromatic N) is 1. The quantitative estimate of drug-likeness (QED) is 0.567. The Morgan fingerprint density at radius 1 is 0.964 bits per heavy atom. The molecular formula is C20H19N3O4S. The molecule has 144 valence electrons. The van der Waals surface area contributed by atoms with Crippen molar-refractivity contribution in [3.63, 3.8) is 0 Å². The normalized spacial score (nSPS) is 12.2. The molecule has 0 aliphatic rings. The Bertz CT molecular complexity index is 1020. The second kappa shape index (κ2) is 8.64. The zero-order chi connectivity index (χ0) is 20.0. The van der Waals surface area contributed by atoms with Crippen LogP contribution in [0.4, 0.5) is 5.69 Å². The minimum absolute atomic E-state index is 0.0326. The Balaban J connectivity index is 1.62. The summed E-state index contributed by atoms with van der Waals surface area (Å²) >= 11 is 0. The lowest BCUT2D eigenvalue weighted by Crippen LogP contribution is -2.28. The molecule has 28 heavy (non-hydrogen) atoms. The SMILES string of the molecule is O=C(NCC(O)c1ccccc1)c1ccc(S(=O)(=O)Nc2ccncc2)cc1. The third kappa shape index (κ3) is 4.93. The maximum Gasteiger partial charge on any atom is 0.261 e. The maximum atomic E-state index is 12.4. The van der Waals surface area contributed by atoms with Gasteiger partial charge in [-0.3, -0.25) is 14.5 Å². The van der Waals surface area contributed by atoms with Crippen molar-refractivity contribution in [2.75, 3.05) is 11.3 Å². The predicted octanol–water partition coefficient (Wildman–Crippen LogP) is 2.35. The summed E-state index contributed by atoms with van der Waals surface area (Å²) in [7, 11) is -3.77. The van der Waals surface area contributed by atoms with E-state index in [2.05, 4.69) is 15.0 Å². The lowest BCUT2D eigenvalue weighted by Gasteiger charge is -2.12. The maximum absolute atomic E-state index is 12.4. The largest absolute Gasteiger partial charge is 0.387 e. The van der Waals surface area contributed by atoms with Crippen molar-refractivity contribution in [3.8, 4) is 0 Å². The van der Waals surface area contributed by atoms with Gasteiger partial charge in [0.25, 0.3) is 15.9 Å². The second-order valence-corrected chi connectivity index (χ2v) is 7.68. The van der Waals surface area contributed by atoms with Gasteiger partial charge in [0, 0.05) is 24.5 Å². The van der Waals surface area contributed by atoms with E-state index in [0.717, 1.165) is 0 Å². The monoisotopic (exact) mass is 397 g/mol. The fourth-order valence-corrected chi connectivity index (χ4v) is 3.56. The molecule has 0 saturated heterocycles. The minimum atomic E-state index is -3.77. The highest BCUT2D eigenvalue weighted by atomic mass is 32.2. The zero-order valence-electron chi connectivity index (χ0n) is 14.8. The van der Waals surface area contributed by atoms with E-state index in [1.807, 2.05) is 6.07 Å². The third-order valence-corrected chi connectivity index (χ3v) is 5.40. The molecule has 0 radical (unpaired) electrons. The van der Waals surface area contributed by atoms with Crippen LogP contribution in [-0.2, 0) is 10.0 Å². The van der Waals surface area contributed by atoms with E-state index >= 15 is 0 Å². The van der Waals surface area contributed by atoms with Crippen molar-refractivity contribution >= 4 is 21.6 Å². The van der Waals surface area contributed by atoms with E-state index in [1.165, 1.54) is 48.8 Å². The highest BCUT2D eigenvalue weighted by Gasteiger charge is 2.16. The van der Waals surface area contributed by atoms with Gasteiger partial charge in [0.1, 0.15) is 0 Å². The summed E-state index contributed by atoms with van der Waals surface area (Å²) in [6.07, 6.45) is 2.14. The van der Waals surface area contributed by atoms with Gasteiger partial charge in [-0.2, -0.15) is 0 Å². The summed E-state index contributed by atoms with van der Waals surface area (Å²) in [6, 6.07) is 17.6. The molecule has 0 fully saturated rings. The van der Waals surface area contributed by atoms with Crippen molar-refractivity contribution in [1.82, 2.24) is 10.3 Å². The van der Waals surface area contributed by atoms with Gasteiger partial charge in [-0.05, 0) is 42.0 Å². The standard InChI is InChI=1S/C20H19N3O4S/c24-19(15-4-2-1-3-5-15)14-22-20(25)16-6-8-18(9-7-16)28(26,27)23-17-10-12-21-13-11-17/h1-13,19,24H,14H2,(H,21,23)(H,22,25). The number of hydrogen-bond donors (Lipinski definition) is 3. The van der Waals surface area contributed by atoms with Gasteiger partial charge < -0.3 is 10.4 Å². The number of benzene rings is 2. The Morgan fingerprint density at radius 3 is 2.25 bits per heavy atom. The van der Waals surface area contributed by atoms with Crippen molar-refractivity contribution in [2.24, 2.45) is 0 Å². The average molecular weight is 397 g/mol. The summed E-state index contributed by atoms with van der Waals surface area (Å²) in [6.45, 7) is 0.0481. The van der Waals surface area contributed by atoms with Crippen LogP contribution in [0, 0.1) is 0 Å². The zero-order valence-corrected chi connectivity index (χ0v) is 15.6. The topological polar surface area (TPSA) is 108 Å². The number of aromatic nitrogens is 1. The first-order valence-corrected chi connectivity index (χ1v) is 9.98.